The van der Waals surface area contributed by atoms with E-state index in [1.54, 1.807) is 25.1 Å². The van der Waals surface area contributed by atoms with Crippen LogP contribution in [0, 0.1) is 6.92 Å². The lowest BCUT2D eigenvalue weighted by Crippen LogP contribution is -2.35. The van der Waals surface area contributed by atoms with Gasteiger partial charge in [-0.25, -0.2) is 8.42 Å². The third-order valence-corrected chi connectivity index (χ3v) is 5.85. The molecule has 0 aliphatic heterocycles. The molecule has 1 aromatic heterocycles. The molecule has 0 saturated carbocycles. The minimum Gasteiger partial charge on any atom is -0.494 e. The van der Waals surface area contributed by atoms with Gasteiger partial charge in [0.2, 0.25) is 5.91 Å². The highest BCUT2D eigenvalue weighted by Gasteiger charge is 2.18. The maximum atomic E-state index is 12.6. The molecule has 0 saturated heterocycles. The minimum atomic E-state index is -3.81. The highest BCUT2D eigenvalue weighted by atomic mass is 32.2. The zero-order chi connectivity index (χ0) is 24.0. The van der Waals surface area contributed by atoms with Gasteiger partial charge < -0.3 is 19.5 Å². The van der Waals surface area contributed by atoms with E-state index in [2.05, 4.69) is 15.2 Å². The van der Waals surface area contributed by atoms with Gasteiger partial charge >= 0.3 is 0 Å². The monoisotopic (exact) mass is 472 g/mol. The van der Waals surface area contributed by atoms with Crippen LogP contribution in [0.5, 0.6) is 5.75 Å². The van der Waals surface area contributed by atoms with Crippen molar-refractivity contribution in [3.05, 3.63) is 65.9 Å². The number of ether oxygens (including phenoxy) is 1. The van der Waals surface area contributed by atoms with Crippen molar-refractivity contribution in [2.45, 2.75) is 18.7 Å². The van der Waals surface area contributed by atoms with E-state index in [9.17, 15) is 18.0 Å². The number of anilines is 2. The van der Waals surface area contributed by atoms with E-state index >= 15 is 0 Å². The zero-order valence-electron chi connectivity index (χ0n) is 18.4. The summed E-state index contributed by atoms with van der Waals surface area (Å²) in [4.78, 5) is 26.0. The van der Waals surface area contributed by atoms with Gasteiger partial charge in [-0.15, -0.1) is 0 Å². The van der Waals surface area contributed by atoms with Gasteiger partial charge in [0.05, 0.1) is 18.0 Å². The fourth-order valence-corrected chi connectivity index (χ4v) is 3.95. The molecule has 2 amide bonds. The van der Waals surface area contributed by atoms with Crippen molar-refractivity contribution in [1.29, 1.82) is 0 Å². The van der Waals surface area contributed by atoms with Crippen LogP contribution in [0.4, 0.5) is 11.5 Å². The minimum absolute atomic E-state index is 0.0826. The van der Waals surface area contributed by atoms with E-state index in [4.69, 9.17) is 9.26 Å². The molecule has 1 heterocycles. The number of hydrogen-bond donors (Lipinski definition) is 2. The molecule has 3 rings (SSSR count). The van der Waals surface area contributed by atoms with Crippen LogP contribution < -0.4 is 14.8 Å². The lowest BCUT2D eigenvalue weighted by molar-refractivity contribution is -0.116. The van der Waals surface area contributed by atoms with Gasteiger partial charge in [0, 0.05) is 24.4 Å². The molecule has 3 aromatic rings. The standard InChI is InChI=1S/C22H24N4O6S/c1-4-31-18-9-11-19(12-10-18)33(29,30)25-17-7-5-16(6-8-17)22(28)26(3)14-21(27)23-20-13-15(2)32-24-20/h5-13,25H,4,14H2,1-3H3,(H,23,24,27). The topological polar surface area (TPSA) is 131 Å². The lowest BCUT2D eigenvalue weighted by Gasteiger charge is -2.16. The van der Waals surface area contributed by atoms with E-state index in [0.29, 0.717) is 29.4 Å². The molecule has 0 atom stereocenters. The summed E-state index contributed by atoms with van der Waals surface area (Å²) in [6.07, 6.45) is 0. The third kappa shape index (κ3) is 6.32. The van der Waals surface area contributed by atoms with Crippen molar-refractivity contribution in [3.63, 3.8) is 0 Å². The van der Waals surface area contributed by atoms with Crippen LogP contribution in [0.25, 0.3) is 0 Å². The Labute approximate surface area is 191 Å². The van der Waals surface area contributed by atoms with Crippen molar-refractivity contribution in [1.82, 2.24) is 10.1 Å². The summed E-state index contributed by atoms with van der Waals surface area (Å²) in [6, 6.07) is 13.5. The molecular formula is C22H24N4O6S. The highest BCUT2D eigenvalue weighted by molar-refractivity contribution is 7.92. The van der Waals surface area contributed by atoms with Crippen LogP contribution in [-0.4, -0.2) is 50.5 Å². The number of benzene rings is 2. The van der Waals surface area contributed by atoms with Crippen molar-refractivity contribution in [2.24, 2.45) is 0 Å². The molecule has 0 bridgehead atoms. The Morgan fingerprint density at radius 3 is 2.33 bits per heavy atom. The molecule has 0 unspecified atom stereocenters. The number of likely N-dealkylation sites (N-methyl/N-ethyl adjacent to an activating group) is 1. The summed E-state index contributed by atoms with van der Waals surface area (Å²) < 4.78 is 37.8. The van der Waals surface area contributed by atoms with Crippen LogP contribution in [0.15, 0.2) is 64.0 Å². The number of nitrogens with zero attached hydrogens (tertiary/aromatic N) is 2. The third-order valence-electron chi connectivity index (χ3n) is 4.45. The molecule has 0 aliphatic rings. The number of rotatable bonds is 9. The van der Waals surface area contributed by atoms with Gasteiger partial charge in [0.15, 0.2) is 5.82 Å². The summed E-state index contributed by atoms with van der Waals surface area (Å²) in [5.74, 6) is 0.560. The largest absolute Gasteiger partial charge is 0.494 e. The second-order valence-electron chi connectivity index (χ2n) is 7.12. The van der Waals surface area contributed by atoms with Gasteiger partial charge in [0.25, 0.3) is 15.9 Å². The van der Waals surface area contributed by atoms with Crippen molar-refractivity contribution in [2.75, 3.05) is 30.2 Å². The summed E-state index contributed by atoms with van der Waals surface area (Å²) in [5, 5.41) is 6.21. The van der Waals surface area contributed by atoms with E-state index in [1.807, 2.05) is 6.92 Å². The Hall–Kier alpha value is -3.86. The molecule has 0 aliphatic carbocycles. The number of carbonyl (C=O) groups is 2. The first kappa shape index (κ1) is 23.8. The predicted octanol–water partition coefficient (Wildman–Crippen LogP) is 2.89. The number of carbonyl (C=O) groups excluding carboxylic acids is 2. The summed E-state index contributed by atoms with van der Waals surface area (Å²) >= 11 is 0. The van der Waals surface area contributed by atoms with Crippen molar-refractivity contribution in [3.8, 4) is 5.75 Å². The Morgan fingerprint density at radius 1 is 1.09 bits per heavy atom. The average molecular weight is 473 g/mol. The fraction of sp³-hybridized carbons (Fsp3) is 0.227. The number of hydrogen-bond acceptors (Lipinski definition) is 7. The summed E-state index contributed by atoms with van der Waals surface area (Å²) in [6.45, 7) is 3.82. The van der Waals surface area contributed by atoms with Crippen LogP contribution in [0.2, 0.25) is 0 Å². The van der Waals surface area contributed by atoms with E-state index in [-0.39, 0.29) is 17.3 Å². The maximum Gasteiger partial charge on any atom is 0.261 e. The fourth-order valence-electron chi connectivity index (χ4n) is 2.89. The highest BCUT2D eigenvalue weighted by Crippen LogP contribution is 2.20. The quantitative estimate of drug-likeness (QED) is 0.490. The van der Waals surface area contributed by atoms with Crippen molar-refractivity contribution < 1.29 is 27.3 Å². The predicted molar refractivity (Wildman–Crippen MR) is 122 cm³/mol. The Bertz CT molecular complexity index is 1220. The molecule has 33 heavy (non-hydrogen) atoms. The number of aromatic nitrogens is 1. The van der Waals surface area contributed by atoms with Gasteiger partial charge in [0.1, 0.15) is 11.5 Å². The van der Waals surface area contributed by atoms with Gasteiger partial charge in [-0.05, 0) is 62.4 Å². The molecular weight excluding hydrogens is 448 g/mol. The van der Waals surface area contributed by atoms with Gasteiger partial charge in [-0.1, -0.05) is 5.16 Å². The molecule has 2 N–H and O–H groups in total. The summed E-state index contributed by atoms with van der Waals surface area (Å²) in [7, 11) is -2.32. The number of sulfonamides is 1. The van der Waals surface area contributed by atoms with Crippen LogP contribution in [0.3, 0.4) is 0 Å². The molecule has 10 nitrogen and oxygen atoms in total. The normalized spacial score (nSPS) is 11.0. The van der Waals surface area contributed by atoms with E-state index in [1.165, 1.54) is 48.3 Å². The Kier molecular flexibility index (Phi) is 7.34. The lowest BCUT2D eigenvalue weighted by atomic mass is 10.2. The molecule has 0 radical (unpaired) electrons. The molecule has 11 heteroatoms. The van der Waals surface area contributed by atoms with E-state index < -0.39 is 21.8 Å². The SMILES string of the molecule is CCOc1ccc(S(=O)(=O)Nc2ccc(C(=O)N(C)CC(=O)Nc3cc(C)on3)cc2)cc1. The first-order valence-corrected chi connectivity index (χ1v) is 11.5. The van der Waals surface area contributed by atoms with Gasteiger partial charge in [-0.2, -0.15) is 0 Å². The zero-order valence-corrected chi connectivity index (χ0v) is 19.2. The van der Waals surface area contributed by atoms with E-state index in [0.717, 1.165) is 0 Å². The maximum absolute atomic E-state index is 12.6. The smallest absolute Gasteiger partial charge is 0.261 e. The van der Waals surface area contributed by atoms with Gasteiger partial charge in [-0.3, -0.25) is 14.3 Å². The van der Waals surface area contributed by atoms with Crippen LogP contribution >= 0.6 is 0 Å². The number of aryl methyl sites for hydroxylation is 1. The first-order chi connectivity index (χ1) is 15.7. The molecule has 174 valence electrons. The summed E-state index contributed by atoms with van der Waals surface area (Å²) in [5.41, 5.74) is 0.592. The Morgan fingerprint density at radius 2 is 1.76 bits per heavy atom. The number of nitrogens with one attached hydrogen (secondary N) is 2. The number of amides is 2. The molecule has 0 fully saturated rings. The Balaban J connectivity index is 1.60. The second-order valence-corrected chi connectivity index (χ2v) is 8.80. The van der Waals surface area contributed by atoms with Crippen molar-refractivity contribution >= 4 is 33.3 Å². The molecule has 2 aromatic carbocycles. The molecule has 0 spiro atoms. The first-order valence-electron chi connectivity index (χ1n) is 10.0. The van der Waals surface area contributed by atoms with Crippen LogP contribution in [-0.2, 0) is 14.8 Å². The van der Waals surface area contributed by atoms with Crippen LogP contribution in [0.1, 0.15) is 23.0 Å². The second kappa shape index (κ2) is 10.2. The average Bonchev–Trinajstić information content (AvgIpc) is 3.18.